The molecule has 30 heavy (non-hydrogen) atoms. The summed E-state index contributed by atoms with van der Waals surface area (Å²) in [5.74, 6) is 0. The smallest absolute Gasteiger partial charge is 0.330 e. The van der Waals surface area contributed by atoms with Gasteiger partial charge in [0.1, 0.15) is 17.8 Å². The van der Waals surface area contributed by atoms with Crippen LogP contribution in [-0.2, 0) is 21.7 Å². The van der Waals surface area contributed by atoms with Gasteiger partial charge in [-0.05, 0) is 25.0 Å². The van der Waals surface area contributed by atoms with E-state index in [0.29, 0.717) is 17.7 Å². The first kappa shape index (κ1) is 20.3. The summed E-state index contributed by atoms with van der Waals surface area (Å²) in [6.45, 7) is 3.76. The maximum absolute atomic E-state index is 12.5. The Labute approximate surface area is 172 Å². The van der Waals surface area contributed by atoms with E-state index in [2.05, 4.69) is 15.2 Å². The average molecular weight is 412 g/mol. The second kappa shape index (κ2) is 8.02. The lowest BCUT2D eigenvalue weighted by atomic mass is 9.88. The van der Waals surface area contributed by atoms with E-state index < -0.39 is 35.3 Å². The van der Waals surface area contributed by atoms with Crippen molar-refractivity contribution in [1.82, 2.24) is 19.7 Å². The molecular formula is C21H24N4O5. The molecule has 9 nitrogen and oxygen atoms in total. The van der Waals surface area contributed by atoms with Crippen molar-refractivity contribution in [2.24, 2.45) is 0 Å². The molecule has 0 saturated carbocycles. The molecule has 4 rings (SSSR count). The van der Waals surface area contributed by atoms with Crippen molar-refractivity contribution in [3.63, 3.8) is 0 Å². The lowest BCUT2D eigenvalue weighted by Crippen LogP contribution is -2.43. The summed E-state index contributed by atoms with van der Waals surface area (Å²) >= 11 is 0. The first-order chi connectivity index (χ1) is 14.5. The fourth-order valence-corrected chi connectivity index (χ4v) is 3.95. The van der Waals surface area contributed by atoms with Crippen molar-refractivity contribution >= 4 is 0 Å². The highest BCUT2D eigenvalue weighted by Gasteiger charge is 2.57. The third-order valence-electron chi connectivity index (χ3n) is 5.57. The Kier molecular flexibility index (Phi) is 5.42. The average Bonchev–Trinajstić information content (AvgIpc) is 3.38. The van der Waals surface area contributed by atoms with Gasteiger partial charge in [-0.3, -0.25) is 19.4 Å². The Morgan fingerprint density at radius 2 is 2.03 bits per heavy atom. The van der Waals surface area contributed by atoms with Crippen LogP contribution in [0.3, 0.4) is 0 Å². The van der Waals surface area contributed by atoms with Crippen LogP contribution >= 0.6 is 0 Å². The maximum Gasteiger partial charge on any atom is 0.330 e. The topological polar surface area (TPSA) is 122 Å². The number of nitrogens with one attached hydrogen (secondary N) is 2. The predicted octanol–water partition coefficient (Wildman–Crippen LogP) is 1.35. The molecule has 3 heterocycles. The number of hydrogen-bond donors (Lipinski definition) is 3. The van der Waals surface area contributed by atoms with Crippen LogP contribution in [-0.4, -0.2) is 37.1 Å². The van der Waals surface area contributed by atoms with E-state index in [4.69, 9.17) is 9.47 Å². The first-order valence-electron chi connectivity index (χ1n) is 9.79. The number of rotatable bonds is 6. The number of aromatic nitrogens is 4. The van der Waals surface area contributed by atoms with Crippen LogP contribution in [0.25, 0.3) is 0 Å². The minimum atomic E-state index is -1.17. The van der Waals surface area contributed by atoms with Gasteiger partial charge in [-0.15, -0.1) is 0 Å². The molecule has 9 heteroatoms. The number of aliphatic hydroxyl groups is 1. The first-order valence-corrected chi connectivity index (χ1v) is 9.79. The fraction of sp³-hybridized carbons (Fsp3) is 0.381. The van der Waals surface area contributed by atoms with Gasteiger partial charge in [0.05, 0.1) is 12.3 Å². The Bertz CT molecular complexity index is 1110. The number of hydrogen-bond acceptors (Lipinski definition) is 6. The van der Waals surface area contributed by atoms with Crippen molar-refractivity contribution < 1.29 is 14.6 Å². The molecule has 0 amide bonds. The number of ether oxygens (including phenoxy) is 2. The van der Waals surface area contributed by atoms with Crippen molar-refractivity contribution in [3.8, 4) is 0 Å². The highest BCUT2D eigenvalue weighted by atomic mass is 16.6. The molecule has 4 atom stereocenters. The normalized spacial score (nSPS) is 26.2. The van der Waals surface area contributed by atoms with Gasteiger partial charge in [-0.2, -0.15) is 5.10 Å². The van der Waals surface area contributed by atoms with Crippen LogP contribution in [0.5, 0.6) is 0 Å². The highest BCUT2D eigenvalue weighted by Crippen LogP contribution is 2.47. The molecule has 3 N–H and O–H groups in total. The summed E-state index contributed by atoms with van der Waals surface area (Å²) in [6.07, 6.45) is 0.450. The van der Waals surface area contributed by atoms with Crippen LogP contribution in [0.2, 0.25) is 0 Å². The summed E-state index contributed by atoms with van der Waals surface area (Å²) in [7, 11) is 0. The van der Waals surface area contributed by atoms with E-state index >= 15 is 0 Å². The zero-order valence-electron chi connectivity index (χ0n) is 16.7. The molecule has 1 aromatic carbocycles. The predicted molar refractivity (Wildman–Crippen MR) is 108 cm³/mol. The third kappa shape index (κ3) is 3.41. The Hall–Kier alpha value is -3.01. The van der Waals surface area contributed by atoms with Gasteiger partial charge < -0.3 is 14.6 Å². The molecule has 0 bridgehead atoms. The van der Waals surface area contributed by atoms with Gasteiger partial charge in [0, 0.05) is 18.0 Å². The van der Waals surface area contributed by atoms with E-state index in [9.17, 15) is 14.7 Å². The number of nitrogens with zero attached hydrogens (tertiary/aromatic N) is 2. The largest absolute Gasteiger partial charge is 0.386 e. The van der Waals surface area contributed by atoms with Gasteiger partial charge in [0.15, 0.2) is 6.23 Å². The summed E-state index contributed by atoms with van der Waals surface area (Å²) in [4.78, 5) is 26.5. The Balaban J connectivity index is 1.74. The molecular weight excluding hydrogens is 388 g/mol. The summed E-state index contributed by atoms with van der Waals surface area (Å²) < 4.78 is 13.7. The van der Waals surface area contributed by atoms with E-state index in [-0.39, 0.29) is 6.61 Å². The molecule has 1 fully saturated rings. The number of H-pyrrole nitrogens is 2. The standard InChI is InChI=1S/C21H24N4O5/c1-3-21(15-9-10-22-24-15)17(29-12-14-7-5-4-6-8-14)16(26)19(30-21)25-11-13(2)18(27)23-20(25)28/h4-11,16-17,19,26H,3,12H2,1-2H3,(H,22,24)(H,23,27,28)/t16-,17?,19+,21-/m0/s1. The number of aryl methyl sites for hydroxylation is 1. The van der Waals surface area contributed by atoms with E-state index in [1.807, 2.05) is 37.3 Å². The van der Waals surface area contributed by atoms with Gasteiger partial charge in [0.2, 0.25) is 0 Å². The van der Waals surface area contributed by atoms with Gasteiger partial charge >= 0.3 is 5.69 Å². The molecule has 1 unspecified atom stereocenters. The van der Waals surface area contributed by atoms with Crippen molar-refractivity contribution in [1.29, 1.82) is 0 Å². The molecule has 0 radical (unpaired) electrons. The second-order valence-electron chi connectivity index (χ2n) is 7.41. The van der Waals surface area contributed by atoms with Crippen molar-refractivity contribution in [2.45, 2.75) is 50.9 Å². The minimum Gasteiger partial charge on any atom is -0.386 e. The molecule has 0 aliphatic carbocycles. The van der Waals surface area contributed by atoms with Gasteiger partial charge in [-0.1, -0.05) is 37.3 Å². The fourth-order valence-electron chi connectivity index (χ4n) is 3.95. The monoisotopic (exact) mass is 412 g/mol. The van der Waals surface area contributed by atoms with Gasteiger partial charge in [-0.25, -0.2) is 4.79 Å². The Morgan fingerprint density at radius 1 is 1.27 bits per heavy atom. The molecule has 1 aliphatic heterocycles. The lowest BCUT2D eigenvalue weighted by molar-refractivity contribution is -0.132. The molecule has 1 saturated heterocycles. The highest BCUT2D eigenvalue weighted by molar-refractivity contribution is 5.19. The second-order valence-corrected chi connectivity index (χ2v) is 7.41. The van der Waals surface area contributed by atoms with E-state index in [0.717, 1.165) is 5.56 Å². The van der Waals surface area contributed by atoms with Crippen LogP contribution in [0.1, 0.15) is 36.4 Å². The third-order valence-corrected chi connectivity index (χ3v) is 5.57. The number of benzene rings is 1. The van der Waals surface area contributed by atoms with Crippen molar-refractivity contribution in [3.05, 3.63) is 86.5 Å². The number of aliphatic hydroxyl groups excluding tert-OH is 1. The quantitative estimate of drug-likeness (QED) is 0.562. The van der Waals surface area contributed by atoms with E-state index in [1.165, 1.54) is 10.8 Å². The molecule has 3 aromatic rings. The lowest BCUT2D eigenvalue weighted by Gasteiger charge is -2.32. The molecule has 158 valence electrons. The maximum atomic E-state index is 12.5. The SMILES string of the molecule is CC[C@@]1(c2ccn[nH]2)O[C@@H](n2cc(C)c(=O)[nH]c2=O)[C@@H](O)C1OCc1ccccc1. The summed E-state index contributed by atoms with van der Waals surface area (Å²) in [5, 5.41) is 18.1. The minimum absolute atomic E-state index is 0.258. The number of aromatic amines is 2. The van der Waals surface area contributed by atoms with Crippen LogP contribution < -0.4 is 11.2 Å². The zero-order valence-corrected chi connectivity index (χ0v) is 16.7. The van der Waals surface area contributed by atoms with Crippen LogP contribution in [0.15, 0.2) is 58.4 Å². The molecule has 2 aromatic heterocycles. The van der Waals surface area contributed by atoms with E-state index in [1.54, 1.807) is 19.2 Å². The van der Waals surface area contributed by atoms with Crippen molar-refractivity contribution in [2.75, 3.05) is 0 Å². The zero-order chi connectivity index (χ0) is 21.3. The Morgan fingerprint density at radius 3 is 2.70 bits per heavy atom. The molecule has 1 aliphatic rings. The van der Waals surface area contributed by atoms with Gasteiger partial charge in [0.25, 0.3) is 5.56 Å². The summed E-state index contributed by atoms with van der Waals surface area (Å²) in [5.41, 5.74) is -0.274. The van der Waals surface area contributed by atoms with Crippen LogP contribution in [0.4, 0.5) is 0 Å². The van der Waals surface area contributed by atoms with Crippen LogP contribution in [0, 0.1) is 6.92 Å². The summed E-state index contributed by atoms with van der Waals surface area (Å²) in [6, 6.07) is 11.4. The molecule has 0 spiro atoms.